The monoisotopic (exact) mass is 480 g/mol. The number of aliphatic carboxylic acids is 1. The number of fused-ring (bicyclic) bond motifs is 1. The molecule has 0 aliphatic rings. The van der Waals surface area contributed by atoms with Crippen molar-refractivity contribution >= 4 is 24.1 Å². The number of unbranched alkanes of at least 4 members (excludes halogenated alkanes) is 3. The average molecular weight is 481 g/mol. The van der Waals surface area contributed by atoms with Gasteiger partial charge >= 0.3 is 5.97 Å². The molecule has 0 spiro atoms. The molecule has 0 radical (unpaired) electrons. The highest BCUT2D eigenvalue weighted by Gasteiger charge is 2.53. The van der Waals surface area contributed by atoms with Gasteiger partial charge in [0.15, 0.2) is 0 Å². The van der Waals surface area contributed by atoms with Crippen LogP contribution in [0, 0.1) is 0 Å². The molecule has 3 atom stereocenters. The summed E-state index contributed by atoms with van der Waals surface area (Å²) in [6.45, 7) is 4.07. The molecular formula is C29H37O4P. The summed E-state index contributed by atoms with van der Waals surface area (Å²) in [5, 5.41) is 12.7. The second-order valence-corrected chi connectivity index (χ2v) is 11.8. The zero-order valence-electron chi connectivity index (χ0n) is 20.3. The van der Waals surface area contributed by atoms with Crippen molar-refractivity contribution in [3.05, 3.63) is 83.9 Å². The number of rotatable bonds is 13. The Kier molecular flexibility index (Phi) is 9.10. The van der Waals surface area contributed by atoms with Crippen molar-refractivity contribution in [2.75, 3.05) is 0 Å². The van der Waals surface area contributed by atoms with Gasteiger partial charge in [-0.2, -0.15) is 0 Å². The first-order valence-corrected chi connectivity index (χ1v) is 14.3. The topological polar surface area (TPSA) is 74.6 Å². The zero-order valence-corrected chi connectivity index (χ0v) is 21.2. The number of hydrogen-bond acceptors (Lipinski definition) is 2. The molecule has 0 heterocycles. The molecule has 0 amide bonds. The minimum atomic E-state index is -3.89. The van der Waals surface area contributed by atoms with Crippen LogP contribution in [-0.4, -0.2) is 21.6 Å². The molecule has 0 fully saturated rings. The molecular weight excluding hydrogens is 443 g/mol. The van der Waals surface area contributed by atoms with Crippen LogP contribution in [0.15, 0.2) is 72.8 Å². The lowest BCUT2D eigenvalue weighted by atomic mass is 9.72. The summed E-state index contributed by atoms with van der Waals surface area (Å²) in [5.41, 5.74) is -0.899. The van der Waals surface area contributed by atoms with E-state index >= 15 is 0 Å². The van der Waals surface area contributed by atoms with Crippen LogP contribution < -0.4 is 0 Å². The molecule has 5 heteroatoms. The third-order valence-electron chi connectivity index (χ3n) is 6.93. The predicted molar refractivity (Wildman–Crippen MR) is 141 cm³/mol. The number of benzene rings is 3. The Morgan fingerprint density at radius 3 is 2.21 bits per heavy atom. The van der Waals surface area contributed by atoms with Crippen LogP contribution in [0.25, 0.3) is 10.8 Å². The molecule has 34 heavy (non-hydrogen) atoms. The fourth-order valence-electron chi connectivity index (χ4n) is 5.25. The number of hydrogen-bond donors (Lipinski definition) is 2. The molecule has 0 aromatic heterocycles. The van der Waals surface area contributed by atoms with Gasteiger partial charge < -0.3 is 10.00 Å². The van der Waals surface area contributed by atoms with Gasteiger partial charge in [-0.15, -0.1) is 0 Å². The van der Waals surface area contributed by atoms with Crippen molar-refractivity contribution in [2.24, 2.45) is 0 Å². The van der Waals surface area contributed by atoms with E-state index in [0.29, 0.717) is 24.8 Å². The second kappa shape index (κ2) is 11.8. The van der Waals surface area contributed by atoms with E-state index in [1.165, 1.54) is 0 Å². The van der Waals surface area contributed by atoms with Crippen LogP contribution in [-0.2, 0) is 20.9 Å². The molecule has 0 aliphatic carbocycles. The first kappa shape index (κ1) is 26.2. The van der Waals surface area contributed by atoms with Crippen molar-refractivity contribution in [1.29, 1.82) is 0 Å². The minimum absolute atomic E-state index is 0.0153. The molecule has 3 rings (SSSR count). The summed E-state index contributed by atoms with van der Waals surface area (Å²) in [5.74, 6) is -1.01. The Morgan fingerprint density at radius 2 is 1.56 bits per heavy atom. The Bertz CT molecular complexity index is 1130. The van der Waals surface area contributed by atoms with Crippen molar-refractivity contribution in [3.8, 4) is 0 Å². The van der Waals surface area contributed by atoms with Crippen molar-refractivity contribution in [3.63, 3.8) is 0 Å². The van der Waals surface area contributed by atoms with Crippen LogP contribution >= 0.6 is 7.37 Å². The normalized spacial score (nSPS) is 16.0. The van der Waals surface area contributed by atoms with Crippen molar-refractivity contribution < 1.29 is 19.4 Å². The van der Waals surface area contributed by atoms with Crippen LogP contribution in [0.1, 0.15) is 69.9 Å². The summed E-state index contributed by atoms with van der Waals surface area (Å²) in [7, 11) is -3.89. The Labute approximate surface area is 203 Å². The van der Waals surface area contributed by atoms with Gasteiger partial charge in [0.2, 0.25) is 7.37 Å². The highest BCUT2D eigenvalue weighted by Crippen LogP contribution is 2.59. The molecule has 4 nitrogen and oxygen atoms in total. The second-order valence-electron chi connectivity index (χ2n) is 9.35. The van der Waals surface area contributed by atoms with Gasteiger partial charge in [-0.1, -0.05) is 113 Å². The molecule has 0 aliphatic heterocycles. The first-order valence-electron chi connectivity index (χ1n) is 12.4. The Hall–Kier alpha value is -2.42. The highest BCUT2D eigenvalue weighted by atomic mass is 31.2. The van der Waals surface area contributed by atoms with Gasteiger partial charge in [-0.05, 0) is 40.8 Å². The van der Waals surface area contributed by atoms with Crippen LogP contribution in [0.2, 0.25) is 0 Å². The first-order chi connectivity index (χ1) is 16.3. The highest BCUT2D eigenvalue weighted by molar-refractivity contribution is 7.58. The molecule has 3 unspecified atom stereocenters. The number of carbonyl (C=O) groups is 1. The van der Waals surface area contributed by atoms with Crippen LogP contribution in [0.3, 0.4) is 0 Å². The fourth-order valence-corrected chi connectivity index (χ4v) is 7.87. The van der Waals surface area contributed by atoms with Gasteiger partial charge in [0.05, 0.1) is 5.66 Å². The Balaban J connectivity index is 2.15. The van der Waals surface area contributed by atoms with Crippen molar-refractivity contribution in [2.45, 2.75) is 76.0 Å². The van der Waals surface area contributed by atoms with Crippen molar-refractivity contribution in [1.82, 2.24) is 0 Å². The molecule has 0 saturated carbocycles. The van der Waals surface area contributed by atoms with E-state index in [4.69, 9.17) is 0 Å². The SMILES string of the molecule is CCCCCCC(C(CCC)(C(=O)O)c1ccc2ccccc2c1)P(=O)(O)Cc1ccccc1. The molecule has 3 aromatic rings. The summed E-state index contributed by atoms with van der Waals surface area (Å²) in [6, 6.07) is 22.8. The Morgan fingerprint density at radius 1 is 0.882 bits per heavy atom. The fraction of sp³-hybridized carbons (Fsp3) is 0.414. The molecule has 0 saturated heterocycles. The lowest BCUT2D eigenvalue weighted by Crippen LogP contribution is -2.47. The molecule has 182 valence electrons. The smallest absolute Gasteiger partial charge is 0.314 e. The maximum Gasteiger partial charge on any atom is 0.314 e. The van der Waals surface area contributed by atoms with E-state index < -0.39 is 24.4 Å². The van der Waals surface area contributed by atoms with E-state index in [9.17, 15) is 19.4 Å². The quantitative estimate of drug-likeness (QED) is 0.194. The van der Waals surface area contributed by atoms with E-state index in [1.807, 2.05) is 79.7 Å². The van der Waals surface area contributed by atoms with E-state index in [0.717, 1.165) is 42.0 Å². The van der Waals surface area contributed by atoms with Gasteiger partial charge in [-0.25, -0.2) is 0 Å². The van der Waals surface area contributed by atoms with Gasteiger partial charge in [-0.3, -0.25) is 9.36 Å². The van der Waals surface area contributed by atoms with Crippen LogP contribution in [0.4, 0.5) is 0 Å². The largest absolute Gasteiger partial charge is 0.481 e. The summed E-state index contributed by atoms with van der Waals surface area (Å²) < 4.78 is 14.1. The van der Waals surface area contributed by atoms with Gasteiger partial charge in [0, 0.05) is 6.16 Å². The predicted octanol–water partition coefficient (Wildman–Crippen LogP) is 7.77. The third-order valence-corrected chi connectivity index (χ3v) is 9.42. The zero-order chi connectivity index (χ0) is 24.6. The average Bonchev–Trinajstić information content (AvgIpc) is 2.82. The molecule has 2 N–H and O–H groups in total. The lowest BCUT2D eigenvalue weighted by Gasteiger charge is -2.40. The summed E-state index contributed by atoms with van der Waals surface area (Å²) >= 11 is 0. The lowest BCUT2D eigenvalue weighted by molar-refractivity contribution is -0.144. The number of carboxylic acids is 1. The molecule has 3 aromatic carbocycles. The summed E-state index contributed by atoms with van der Waals surface area (Å²) in [4.78, 5) is 24.7. The summed E-state index contributed by atoms with van der Waals surface area (Å²) in [6.07, 6.45) is 5.08. The van der Waals surface area contributed by atoms with Gasteiger partial charge in [0.1, 0.15) is 5.41 Å². The number of carboxylic acid groups (broad SMARTS) is 1. The maximum atomic E-state index is 14.1. The third kappa shape index (κ3) is 5.79. The maximum absolute atomic E-state index is 14.1. The molecule has 0 bridgehead atoms. The minimum Gasteiger partial charge on any atom is -0.481 e. The van der Waals surface area contributed by atoms with Gasteiger partial charge in [0.25, 0.3) is 0 Å². The van der Waals surface area contributed by atoms with E-state index in [-0.39, 0.29) is 6.16 Å². The van der Waals surface area contributed by atoms with Crippen LogP contribution in [0.5, 0.6) is 0 Å². The van der Waals surface area contributed by atoms with E-state index in [2.05, 4.69) is 6.92 Å². The van der Waals surface area contributed by atoms with E-state index in [1.54, 1.807) is 0 Å². The standard InChI is InChI=1S/C29H37O4P/c1-3-5-6-10-17-27(34(32,33)22-23-13-8-7-9-14-23)29(20-4-2,28(30)31)26-19-18-24-15-11-12-16-25(24)21-26/h7-9,11-16,18-19,21,27H,3-6,10,17,20,22H2,1-2H3,(H,30,31)(H,32,33).